The maximum Gasteiger partial charge on any atom is 0.253 e. The zero-order chi connectivity index (χ0) is 18.9. The summed E-state index contributed by atoms with van der Waals surface area (Å²) in [5.41, 5.74) is 0.406. The van der Waals surface area contributed by atoms with Gasteiger partial charge in [-0.1, -0.05) is 18.2 Å². The van der Waals surface area contributed by atoms with E-state index in [1.165, 1.54) is 0 Å². The molecular formula is C21H24N2O4. The van der Waals surface area contributed by atoms with Crippen LogP contribution in [-0.2, 0) is 20.7 Å². The number of aryl methyl sites for hydroxylation is 2. The summed E-state index contributed by atoms with van der Waals surface area (Å²) in [5.74, 6) is 1.76. The van der Waals surface area contributed by atoms with Crippen LogP contribution in [0, 0.1) is 6.92 Å². The molecule has 2 aliphatic heterocycles. The number of anilines is 1. The summed E-state index contributed by atoms with van der Waals surface area (Å²) in [4.78, 5) is 28.6. The number of amides is 2. The molecule has 0 aliphatic carbocycles. The van der Waals surface area contributed by atoms with Gasteiger partial charge in [0.15, 0.2) is 0 Å². The van der Waals surface area contributed by atoms with Gasteiger partial charge in [-0.15, -0.1) is 0 Å². The second-order valence-electron chi connectivity index (χ2n) is 7.36. The molecule has 27 heavy (non-hydrogen) atoms. The molecule has 0 N–H and O–H groups in total. The van der Waals surface area contributed by atoms with Gasteiger partial charge < -0.3 is 19.0 Å². The normalized spacial score (nSPS) is 22.6. The monoisotopic (exact) mass is 368 g/mol. The highest BCUT2D eigenvalue weighted by Crippen LogP contribution is 2.32. The maximum absolute atomic E-state index is 12.6. The van der Waals surface area contributed by atoms with E-state index < -0.39 is 5.60 Å². The van der Waals surface area contributed by atoms with Crippen LogP contribution in [0.5, 0.6) is 0 Å². The number of furan rings is 1. The summed E-state index contributed by atoms with van der Waals surface area (Å²) in [6.45, 7) is 3.63. The molecule has 3 heterocycles. The molecule has 1 unspecified atom stereocenters. The van der Waals surface area contributed by atoms with Crippen LogP contribution >= 0.6 is 0 Å². The van der Waals surface area contributed by atoms with Crippen LogP contribution in [0.4, 0.5) is 5.69 Å². The first-order valence-corrected chi connectivity index (χ1v) is 9.37. The molecule has 1 aromatic heterocycles. The first-order valence-electron chi connectivity index (χ1n) is 9.37. The number of para-hydroxylation sites is 1. The van der Waals surface area contributed by atoms with Crippen molar-refractivity contribution in [2.45, 2.75) is 31.8 Å². The lowest BCUT2D eigenvalue weighted by molar-refractivity contribution is -0.139. The van der Waals surface area contributed by atoms with Gasteiger partial charge in [0.2, 0.25) is 5.91 Å². The summed E-state index contributed by atoms with van der Waals surface area (Å²) < 4.78 is 11.5. The summed E-state index contributed by atoms with van der Waals surface area (Å²) in [7, 11) is 0. The molecule has 6 heteroatoms. The highest BCUT2D eigenvalue weighted by molar-refractivity contribution is 5.95. The van der Waals surface area contributed by atoms with Crippen molar-refractivity contribution in [3.63, 3.8) is 0 Å². The lowest BCUT2D eigenvalue weighted by atomic mass is 10.00. The third kappa shape index (κ3) is 3.76. The first kappa shape index (κ1) is 17.8. The second-order valence-corrected chi connectivity index (χ2v) is 7.36. The molecule has 1 spiro atoms. The fraction of sp³-hybridized carbons (Fsp3) is 0.429. The van der Waals surface area contributed by atoms with Gasteiger partial charge in [-0.25, -0.2) is 0 Å². The third-order valence-electron chi connectivity index (χ3n) is 5.37. The second kappa shape index (κ2) is 7.19. The van der Waals surface area contributed by atoms with Gasteiger partial charge in [0.1, 0.15) is 23.7 Å². The Morgan fingerprint density at radius 3 is 2.70 bits per heavy atom. The van der Waals surface area contributed by atoms with Crippen molar-refractivity contribution < 1.29 is 18.7 Å². The van der Waals surface area contributed by atoms with E-state index in [0.29, 0.717) is 32.5 Å². The SMILES string of the molecule is Cc1ccc(CCC(=O)N2CCC3(C2)CN(c2ccccc2)C(=O)CO3)o1. The zero-order valence-electron chi connectivity index (χ0n) is 15.5. The minimum absolute atomic E-state index is 0.0372. The van der Waals surface area contributed by atoms with Crippen LogP contribution in [0.15, 0.2) is 46.9 Å². The van der Waals surface area contributed by atoms with Gasteiger partial charge in [0, 0.05) is 25.1 Å². The number of benzene rings is 1. The molecule has 4 rings (SSSR count). The van der Waals surface area contributed by atoms with Crippen molar-refractivity contribution in [1.82, 2.24) is 4.90 Å². The fourth-order valence-electron chi connectivity index (χ4n) is 3.87. The number of morpholine rings is 1. The predicted molar refractivity (Wildman–Crippen MR) is 100 cm³/mol. The Hall–Kier alpha value is -2.60. The van der Waals surface area contributed by atoms with Crippen molar-refractivity contribution in [2.24, 2.45) is 0 Å². The van der Waals surface area contributed by atoms with Gasteiger partial charge in [-0.2, -0.15) is 0 Å². The smallest absolute Gasteiger partial charge is 0.253 e. The quantitative estimate of drug-likeness (QED) is 0.832. The third-order valence-corrected chi connectivity index (χ3v) is 5.37. The molecule has 0 radical (unpaired) electrons. The topological polar surface area (TPSA) is 63.0 Å². The van der Waals surface area contributed by atoms with Gasteiger partial charge in [0.25, 0.3) is 5.91 Å². The Kier molecular flexibility index (Phi) is 4.74. The van der Waals surface area contributed by atoms with Crippen LogP contribution in [0.25, 0.3) is 0 Å². The maximum atomic E-state index is 12.6. The van der Waals surface area contributed by atoms with Crippen LogP contribution in [0.3, 0.4) is 0 Å². The summed E-state index contributed by atoms with van der Waals surface area (Å²) in [5, 5.41) is 0. The fourth-order valence-corrected chi connectivity index (χ4v) is 3.87. The number of nitrogens with zero attached hydrogens (tertiary/aromatic N) is 2. The minimum Gasteiger partial charge on any atom is -0.466 e. The number of likely N-dealkylation sites (tertiary alicyclic amines) is 1. The van der Waals surface area contributed by atoms with E-state index in [2.05, 4.69) is 0 Å². The minimum atomic E-state index is -0.472. The average molecular weight is 368 g/mol. The highest BCUT2D eigenvalue weighted by atomic mass is 16.5. The van der Waals surface area contributed by atoms with Crippen molar-refractivity contribution >= 4 is 17.5 Å². The standard InChI is InChI=1S/C21H24N2O4/c1-16-7-8-18(27-16)9-10-19(24)22-12-11-21(14-22)15-23(20(25)13-26-21)17-5-3-2-4-6-17/h2-8H,9-15H2,1H3. The Bertz CT molecular complexity index is 832. The van der Waals surface area contributed by atoms with E-state index in [1.54, 1.807) is 4.90 Å². The molecule has 2 fully saturated rings. The summed E-state index contributed by atoms with van der Waals surface area (Å²) in [6, 6.07) is 13.5. The average Bonchev–Trinajstić information content (AvgIpc) is 3.29. The van der Waals surface area contributed by atoms with Crippen molar-refractivity contribution in [1.29, 1.82) is 0 Å². The molecule has 2 amide bonds. The summed E-state index contributed by atoms with van der Waals surface area (Å²) in [6.07, 6.45) is 1.77. The van der Waals surface area contributed by atoms with E-state index in [4.69, 9.17) is 9.15 Å². The van der Waals surface area contributed by atoms with Gasteiger partial charge in [-0.05, 0) is 37.6 Å². The molecule has 1 aromatic carbocycles. The summed E-state index contributed by atoms with van der Waals surface area (Å²) >= 11 is 0. The molecule has 2 aromatic rings. The lowest BCUT2D eigenvalue weighted by Gasteiger charge is -2.40. The molecule has 142 valence electrons. The number of carbonyl (C=O) groups is 2. The molecule has 2 aliphatic rings. The van der Waals surface area contributed by atoms with Crippen LogP contribution in [-0.4, -0.2) is 48.6 Å². The van der Waals surface area contributed by atoms with Gasteiger partial charge in [0.05, 0.1) is 13.1 Å². The number of hydrogen-bond donors (Lipinski definition) is 0. The van der Waals surface area contributed by atoms with Crippen molar-refractivity contribution in [2.75, 3.05) is 31.1 Å². The van der Waals surface area contributed by atoms with E-state index in [1.807, 2.05) is 54.3 Å². The van der Waals surface area contributed by atoms with E-state index in [0.717, 1.165) is 23.6 Å². The predicted octanol–water partition coefficient (Wildman–Crippen LogP) is 2.56. The number of hydrogen-bond acceptors (Lipinski definition) is 4. The van der Waals surface area contributed by atoms with Crippen LogP contribution in [0.1, 0.15) is 24.4 Å². The Morgan fingerprint density at radius 1 is 1.15 bits per heavy atom. The van der Waals surface area contributed by atoms with Crippen LogP contribution < -0.4 is 4.90 Å². The lowest BCUT2D eigenvalue weighted by Crippen LogP contribution is -2.56. The highest BCUT2D eigenvalue weighted by Gasteiger charge is 2.46. The number of carbonyl (C=O) groups excluding carboxylic acids is 2. The van der Waals surface area contributed by atoms with Crippen molar-refractivity contribution in [3.05, 3.63) is 54.0 Å². The zero-order valence-corrected chi connectivity index (χ0v) is 15.5. The van der Waals surface area contributed by atoms with Gasteiger partial charge >= 0.3 is 0 Å². The number of rotatable bonds is 4. The van der Waals surface area contributed by atoms with Gasteiger partial charge in [-0.3, -0.25) is 9.59 Å². The Balaban J connectivity index is 1.38. The van der Waals surface area contributed by atoms with E-state index in [-0.39, 0.29) is 18.4 Å². The van der Waals surface area contributed by atoms with E-state index in [9.17, 15) is 9.59 Å². The first-order chi connectivity index (χ1) is 13.0. The molecule has 6 nitrogen and oxygen atoms in total. The largest absolute Gasteiger partial charge is 0.466 e. The van der Waals surface area contributed by atoms with E-state index >= 15 is 0 Å². The van der Waals surface area contributed by atoms with Crippen LogP contribution in [0.2, 0.25) is 0 Å². The molecular weight excluding hydrogens is 344 g/mol. The molecule has 2 saturated heterocycles. The molecule has 0 saturated carbocycles. The molecule has 1 atom stereocenters. The number of ether oxygens (including phenoxy) is 1. The Labute approximate surface area is 158 Å². The molecule has 0 bridgehead atoms. The Morgan fingerprint density at radius 2 is 1.96 bits per heavy atom. The van der Waals surface area contributed by atoms with Crippen molar-refractivity contribution in [3.8, 4) is 0 Å².